The number of nitrogen functional groups attached to an aromatic ring is 1. The normalized spacial score (nSPS) is 11.0. The zero-order valence-electron chi connectivity index (χ0n) is 7.71. The van der Waals surface area contributed by atoms with Gasteiger partial charge in [0.2, 0.25) is 0 Å². The average molecular weight is 288 g/mol. The van der Waals surface area contributed by atoms with Gasteiger partial charge in [0, 0.05) is 20.3 Å². The van der Waals surface area contributed by atoms with E-state index in [1.54, 1.807) is 23.1 Å². The molecule has 0 aliphatic heterocycles. The second-order valence-corrected chi connectivity index (χ2v) is 5.27. The molecule has 14 heavy (non-hydrogen) atoms. The molecule has 4 heteroatoms. The number of nitrogens with two attached hydrogens (primary N) is 1. The Morgan fingerprint density at radius 2 is 2.36 bits per heavy atom. The lowest BCUT2D eigenvalue weighted by atomic mass is 10.1. The summed E-state index contributed by atoms with van der Waals surface area (Å²) in [5.41, 5.74) is 8.32. The number of fused-ring (bicyclic) bond motifs is 1. The van der Waals surface area contributed by atoms with Crippen LogP contribution in [-0.4, -0.2) is 6.26 Å². The molecule has 1 aromatic heterocycles. The minimum Gasteiger partial charge on any atom is -0.397 e. The minimum absolute atomic E-state index is 0.862. The van der Waals surface area contributed by atoms with E-state index >= 15 is 0 Å². The van der Waals surface area contributed by atoms with Crippen molar-refractivity contribution in [3.05, 3.63) is 23.1 Å². The van der Waals surface area contributed by atoms with Gasteiger partial charge in [-0.3, -0.25) is 0 Å². The number of hydrogen-bond acceptors (Lipinski definition) is 3. The fourth-order valence-electron chi connectivity index (χ4n) is 1.51. The van der Waals surface area contributed by atoms with Crippen molar-refractivity contribution < 1.29 is 0 Å². The van der Waals surface area contributed by atoms with Crippen LogP contribution in [0.2, 0.25) is 0 Å². The molecule has 0 atom stereocenters. The maximum absolute atomic E-state index is 6.12. The van der Waals surface area contributed by atoms with Gasteiger partial charge in [-0.1, -0.05) is 15.9 Å². The van der Waals surface area contributed by atoms with E-state index in [2.05, 4.69) is 39.7 Å². The van der Waals surface area contributed by atoms with Crippen molar-refractivity contribution in [2.24, 2.45) is 0 Å². The smallest absolute Gasteiger partial charge is 0.0543 e. The Hall–Kier alpha value is -0.190. The van der Waals surface area contributed by atoms with Gasteiger partial charge in [0.15, 0.2) is 0 Å². The van der Waals surface area contributed by atoms with E-state index in [-0.39, 0.29) is 0 Å². The average Bonchev–Trinajstić information content (AvgIpc) is 2.65. The van der Waals surface area contributed by atoms with Gasteiger partial charge >= 0.3 is 0 Å². The molecule has 0 aliphatic rings. The van der Waals surface area contributed by atoms with Crippen LogP contribution in [0.4, 0.5) is 5.69 Å². The Labute approximate surface area is 99.8 Å². The summed E-state index contributed by atoms with van der Waals surface area (Å²) in [4.78, 5) is 1.20. The number of anilines is 1. The van der Waals surface area contributed by atoms with Gasteiger partial charge in [-0.05, 0) is 29.3 Å². The van der Waals surface area contributed by atoms with Crippen LogP contribution in [-0.2, 0) is 5.33 Å². The summed E-state index contributed by atoms with van der Waals surface area (Å²) in [5, 5.41) is 4.13. The van der Waals surface area contributed by atoms with Crippen molar-refractivity contribution in [3.8, 4) is 0 Å². The standard InChI is InChI=1S/C10H10BrNS2/c1-13-10-6(5-11)4-8-7(9(10)12)2-3-14-8/h2-4H,5,12H2,1H3. The summed E-state index contributed by atoms with van der Waals surface area (Å²) in [6.07, 6.45) is 2.07. The molecule has 2 aromatic rings. The molecule has 0 radical (unpaired) electrons. The van der Waals surface area contributed by atoms with Crippen molar-refractivity contribution in [3.63, 3.8) is 0 Å². The van der Waals surface area contributed by atoms with Gasteiger partial charge in [0.05, 0.1) is 5.69 Å². The molecular weight excluding hydrogens is 278 g/mol. The first kappa shape index (κ1) is 10.3. The largest absolute Gasteiger partial charge is 0.397 e. The Bertz CT molecular complexity index is 464. The maximum Gasteiger partial charge on any atom is 0.0543 e. The number of thioether (sulfide) groups is 1. The second-order valence-electron chi connectivity index (χ2n) is 2.95. The van der Waals surface area contributed by atoms with E-state index in [1.807, 2.05) is 0 Å². The molecule has 1 heterocycles. The Balaban J connectivity index is 2.79. The molecule has 0 fully saturated rings. The number of benzene rings is 1. The Morgan fingerprint density at radius 1 is 1.57 bits per heavy atom. The van der Waals surface area contributed by atoms with Crippen LogP contribution in [0.15, 0.2) is 22.4 Å². The van der Waals surface area contributed by atoms with E-state index in [4.69, 9.17) is 5.73 Å². The summed E-state index contributed by atoms with van der Waals surface area (Å²) in [7, 11) is 0. The van der Waals surface area contributed by atoms with Crippen LogP contribution in [0, 0.1) is 0 Å². The number of thiophene rings is 1. The molecule has 0 bridgehead atoms. The third-order valence-electron chi connectivity index (χ3n) is 2.18. The quantitative estimate of drug-likeness (QED) is 0.511. The van der Waals surface area contributed by atoms with Crippen LogP contribution >= 0.6 is 39.0 Å². The Morgan fingerprint density at radius 3 is 3.00 bits per heavy atom. The zero-order valence-corrected chi connectivity index (χ0v) is 10.9. The lowest BCUT2D eigenvalue weighted by molar-refractivity contribution is 1.32. The maximum atomic E-state index is 6.12. The Kier molecular flexibility index (Phi) is 3.04. The summed E-state index contributed by atoms with van der Waals surface area (Å²) in [6.45, 7) is 0. The topological polar surface area (TPSA) is 26.0 Å². The zero-order chi connectivity index (χ0) is 10.1. The van der Waals surface area contributed by atoms with Gasteiger partial charge in [0.25, 0.3) is 0 Å². The molecule has 0 unspecified atom stereocenters. The minimum atomic E-state index is 0.862. The first-order chi connectivity index (χ1) is 6.77. The van der Waals surface area contributed by atoms with Gasteiger partial charge in [-0.2, -0.15) is 0 Å². The van der Waals surface area contributed by atoms with Gasteiger partial charge in [0.1, 0.15) is 0 Å². The number of alkyl halides is 1. The van der Waals surface area contributed by atoms with Gasteiger partial charge in [-0.15, -0.1) is 23.1 Å². The van der Waals surface area contributed by atoms with Gasteiger partial charge in [-0.25, -0.2) is 0 Å². The third kappa shape index (κ3) is 1.55. The molecular formula is C10H10BrNS2. The van der Waals surface area contributed by atoms with E-state index < -0.39 is 0 Å². The fourth-order valence-corrected chi connectivity index (χ4v) is 3.73. The molecule has 1 nitrogen and oxygen atoms in total. The fraction of sp³-hybridized carbons (Fsp3) is 0.200. The predicted octanol–water partition coefficient (Wildman–Crippen LogP) is 4.10. The summed E-state index contributed by atoms with van der Waals surface area (Å²) >= 11 is 6.95. The van der Waals surface area contributed by atoms with Crippen LogP contribution in [0.1, 0.15) is 5.56 Å². The van der Waals surface area contributed by atoms with E-state index in [1.165, 1.54) is 20.5 Å². The predicted molar refractivity (Wildman–Crippen MR) is 70.6 cm³/mol. The molecule has 0 aliphatic carbocycles. The molecule has 1 aromatic carbocycles. The molecule has 2 N–H and O–H groups in total. The molecule has 2 rings (SSSR count). The number of halogens is 1. The van der Waals surface area contributed by atoms with Crippen molar-refractivity contribution >= 4 is 54.8 Å². The summed E-state index contributed by atoms with van der Waals surface area (Å²) in [5.74, 6) is 0. The molecule has 0 spiro atoms. The van der Waals surface area contributed by atoms with Crippen LogP contribution in [0.3, 0.4) is 0 Å². The van der Waals surface area contributed by atoms with Gasteiger partial charge < -0.3 is 5.73 Å². The summed E-state index contributed by atoms with van der Waals surface area (Å²) < 4.78 is 1.27. The van der Waals surface area contributed by atoms with Crippen molar-refractivity contribution in [1.82, 2.24) is 0 Å². The summed E-state index contributed by atoms with van der Waals surface area (Å²) in [6, 6.07) is 4.31. The van der Waals surface area contributed by atoms with Crippen molar-refractivity contribution in [2.45, 2.75) is 10.2 Å². The van der Waals surface area contributed by atoms with Crippen molar-refractivity contribution in [2.75, 3.05) is 12.0 Å². The SMILES string of the molecule is CSc1c(CBr)cc2sccc2c1N. The first-order valence-corrected chi connectivity index (χ1v) is 7.39. The van der Waals surface area contributed by atoms with Crippen LogP contribution in [0.5, 0.6) is 0 Å². The third-order valence-corrected chi connectivity index (χ3v) is 4.53. The van der Waals surface area contributed by atoms with Crippen molar-refractivity contribution in [1.29, 1.82) is 0 Å². The molecule has 0 saturated heterocycles. The second kappa shape index (κ2) is 4.13. The monoisotopic (exact) mass is 287 g/mol. The van der Waals surface area contributed by atoms with E-state index in [0.717, 1.165) is 11.0 Å². The molecule has 0 saturated carbocycles. The molecule has 0 amide bonds. The van der Waals surface area contributed by atoms with E-state index in [0.29, 0.717) is 0 Å². The highest BCUT2D eigenvalue weighted by atomic mass is 79.9. The number of hydrogen-bond donors (Lipinski definition) is 1. The van der Waals surface area contributed by atoms with Crippen LogP contribution in [0.25, 0.3) is 10.1 Å². The molecule has 74 valence electrons. The first-order valence-electron chi connectivity index (χ1n) is 4.16. The highest BCUT2D eigenvalue weighted by Crippen LogP contribution is 2.37. The van der Waals surface area contributed by atoms with E-state index in [9.17, 15) is 0 Å². The lowest BCUT2D eigenvalue weighted by Gasteiger charge is -2.09. The highest BCUT2D eigenvalue weighted by molar-refractivity contribution is 9.08. The lowest BCUT2D eigenvalue weighted by Crippen LogP contribution is -1.93. The highest BCUT2D eigenvalue weighted by Gasteiger charge is 2.09. The van der Waals surface area contributed by atoms with Crippen LogP contribution < -0.4 is 5.73 Å². The number of rotatable bonds is 2.